The van der Waals surface area contributed by atoms with Crippen LogP contribution in [0.4, 0.5) is 0 Å². The van der Waals surface area contributed by atoms with Gasteiger partial charge < -0.3 is 19.9 Å². The van der Waals surface area contributed by atoms with E-state index in [0.717, 1.165) is 40.2 Å². The van der Waals surface area contributed by atoms with Crippen LogP contribution in [0.15, 0.2) is 106 Å². The largest absolute Gasteiger partial charge is 0.510 e. The highest BCUT2D eigenvalue weighted by Crippen LogP contribution is 2.54. The van der Waals surface area contributed by atoms with Gasteiger partial charge in [-0.2, -0.15) is 0 Å². The van der Waals surface area contributed by atoms with Gasteiger partial charge in [-0.25, -0.2) is 15.0 Å². The SMILES string of the molecule is CCC1=C(C)C2=NC1=CC1=C(C)C3=C(O)C(C)(C(=O)OC)C(=C4NC(=CC5=NC(=C2)C(C(C)=O)=C5C)C(C)C4CCC(=O)OC)C3=N1. The summed E-state index contributed by atoms with van der Waals surface area (Å²) in [5, 5.41) is 15.5. The smallest absolute Gasteiger partial charge is 0.323 e. The van der Waals surface area contributed by atoms with E-state index in [0.29, 0.717) is 57.2 Å². The lowest BCUT2D eigenvalue weighted by Crippen LogP contribution is -2.35. The van der Waals surface area contributed by atoms with Gasteiger partial charge in [-0.15, -0.1) is 0 Å². The normalized spacial score (nSPS) is 26.3. The number of carbonyl (C=O) groups is 3. The number of carbonyl (C=O) groups excluding carboxylic acids is 3. The van der Waals surface area contributed by atoms with Crippen molar-refractivity contribution in [1.82, 2.24) is 5.32 Å². The lowest BCUT2D eigenvalue weighted by atomic mass is 9.78. The molecule has 3 unspecified atom stereocenters. The van der Waals surface area contributed by atoms with Crippen LogP contribution in [0.25, 0.3) is 0 Å². The van der Waals surface area contributed by atoms with Crippen molar-refractivity contribution in [2.75, 3.05) is 14.2 Å². The number of aliphatic hydroxyl groups excluding tert-OH is 1. The molecule has 0 spiro atoms. The summed E-state index contributed by atoms with van der Waals surface area (Å²) in [5.74, 6) is -1.64. The minimum Gasteiger partial charge on any atom is -0.510 e. The second-order valence-corrected chi connectivity index (χ2v) is 12.9. The van der Waals surface area contributed by atoms with E-state index in [2.05, 4.69) is 12.2 Å². The highest BCUT2D eigenvalue weighted by molar-refractivity contribution is 6.25. The monoisotopic (exact) mass is 636 g/mol. The topological polar surface area (TPSA) is 139 Å². The van der Waals surface area contributed by atoms with Crippen LogP contribution in [0, 0.1) is 17.3 Å². The van der Waals surface area contributed by atoms with Crippen LogP contribution < -0.4 is 5.32 Å². The van der Waals surface area contributed by atoms with Crippen molar-refractivity contribution >= 4 is 34.9 Å². The van der Waals surface area contributed by atoms with Gasteiger partial charge in [0.1, 0.15) is 5.76 Å². The Kier molecular flexibility index (Phi) is 7.81. The summed E-state index contributed by atoms with van der Waals surface area (Å²) in [4.78, 5) is 54.0. The van der Waals surface area contributed by atoms with Crippen molar-refractivity contribution in [3.63, 3.8) is 0 Å². The van der Waals surface area contributed by atoms with Crippen molar-refractivity contribution in [3.05, 3.63) is 91.5 Å². The fraction of sp³-hybridized carbons (Fsp3) is 0.405. The molecule has 6 aliphatic rings. The van der Waals surface area contributed by atoms with Gasteiger partial charge in [-0.05, 0) is 88.0 Å². The van der Waals surface area contributed by atoms with Crippen LogP contribution in [0.5, 0.6) is 0 Å². The zero-order valence-electron chi connectivity index (χ0n) is 28.3. The first-order valence-corrected chi connectivity index (χ1v) is 15.9. The Morgan fingerprint density at radius 2 is 1.64 bits per heavy atom. The van der Waals surface area contributed by atoms with Gasteiger partial charge in [0.2, 0.25) is 0 Å². The van der Waals surface area contributed by atoms with E-state index >= 15 is 0 Å². The quantitative estimate of drug-likeness (QED) is 0.342. The first kappa shape index (κ1) is 32.1. The highest BCUT2D eigenvalue weighted by Gasteiger charge is 2.57. The molecule has 0 radical (unpaired) electrons. The Morgan fingerprint density at radius 3 is 2.28 bits per heavy atom. The molecule has 5 aliphatic heterocycles. The lowest BCUT2D eigenvalue weighted by molar-refractivity contribution is -0.148. The fourth-order valence-corrected chi connectivity index (χ4v) is 7.62. The summed E-state index contributed by atoms with van der Waals surface area (Å²) in [6, 6.07) is 0. The van der Waals surface area contributed by atoms with E-state index in [-0.39, 0.29) is 35.8 Å². The first-order valence-electron chi connectivity index (χ1n) is 15.9. The molecule has 1 saturated heterocycles. The minimum atomic E-state index is -1.56. The summed E-state index contributed by atoms with van der Waals surface area (Å²) in [5.41, 5.74) is 8.71. The Bertz CT molecular complexity index is 1940. The number of rotatable bonds is 6. The third-order valence-corrected chi connectivity index (χ3v) is 10.4. The van der Waals surface area contributed by atoms with Crippen molar-refractivity contribution in [2.45, 2.75) is 67.7 Å². The Labute approximate surface area is 274 Å². The van der Waals surface area contributed by atoms with Gasteiger partial charge in [0.15, 0.2) is 11.2 Å². The number of ether oxygens (including phenoxy) is 2. The number of nitrogens with one attached hydrogen (secondary N) is 1. The molecule has 0 saturated carbocycles. The highest BCUT2D eigenvalue weighted by atomic mass is 16.5. The van der Waals surface area contributed by atoms with Gasteiger partial charge in [-0.1, -0.05) is 13.8 Å². The van der Waals surface area contributed by atoms with E-state index in [4.69, 9.17) is 24.5 Å². The van der Waals surface area contributed by atoms with Crippen molar-refractivity contribution in [1.29, 1.82) is 0 Å². The summed E-state index contributed by atoms with van der Waals surface area (Å²) < 4.78 is 10.3. The number of aliphatic imine (C=N–C) groups is 3. The first-order chi connectivity index (χ1) is 22.3. The second-order valence-electron chi connectivity index (χ2n) is 12.9. The summed E-state index contributed by atoms with van der Waals surface area (Å²) in [6.45, 7) is 13.1. The molecule has 244 valence electrons. The van der Waals surface area contributed by atoms with E-state index in [1.54, 1.807) is 13.8 Å². The zero-order valence-corrected chi connectivity index (χ0v) is 28.3. The number of esters is 2. The maximum atomic E-state index is 13.6. The molecule has 0 aromatic heterocycles. The average molecular weight is 637 g/mol. The van der Waals surface area contributed by atoms with Crippen LogP contribution in [0.1, 0.15) is 67.7 Å². The molecule has 0 amide bonds. The molecule has 2 N–H and O–H groups in total. The molecule has 0 aromatic carbocycles. The molecule has 6 rings (SSSR count). The lowest BCUT2D eigenvalue weighted by Gasteiger charge is -2.27. The Hall–Kier alpha value is -4.86. The van der Waals surface area contributed by atoms with E-state index < -0.39 is 11.4 Å². The van der Waals surface area contributed by atoms with Crippen LogP contribution in [-0.2, 0) is 23.9 Å². The van der Waals surface area contributed by atoms with Crippen LogP contribution >= 0.6 is 0 Å². The predicted octanol–water partition coefficient (Wildman–Crippen LogP) is 5.99. The molecular formula is C37H40N4O6. The molecule has 0 aromatic rings. The van der Waals surface area contributed by atoms with E-state index in [1.807, 2.05) is 45.9 Å². The number of Topliss-reactive ketones (excluding diaryl/α,β-unsaturated/α-hetero) is 1. The van der Waals surface area contributed by atoms with Crippen molar-refractivity contribution in [3.8, 4) is 0 Å². The number of fused-ring (bicyclic) bond motifs is 5. The van der Waals surface area contributed by atoms with Crippen LogP contribution in [-0.4, -0.2) is 54.2 Å². The van der Waals surface area contributed by atoms with Gasteiger partial charge in [-0.3, -0.25) is 14.4 Å². The van der Waals surface area contributed by atoms with Crippen LogP contribution in [0.3, 0.4) is 0 Å². The average Bonchev–Trinajstić information content (AvgIpc) is 3.76. The Balaban J connectivity index is 1.70. The van der Waals surface area contributed by atoms with E-state index in [1.165, 1.54) is 14.2 Å². The molecular weight excluding hydrogens is 596 g/mol. The van der Waals surface area contributed by atoms with Gasteiger partial charge in [0, 0.05) is 46.4 Å². The molecule has 1 fully saturated rings. The minimum absolute atomic E-state index is 0.0936. The summed E-state index contributed by atoms with van der Waals surface area (Å²) in [6.07, 6.45) is 7.00. The number of methoxy groups -OCH3 is 2. The third kappa shape index (κ3) is 4.67. The predicted molar refractivity (Wildman–Crippen MR) is 179 cm³/mol. The number of hydrogen-bond donors (Lipinski definition) is 2. The van der Waals surface area contributed by atoms with Gasteiger partial charge in [0.25, 0.3) is 0 Å². The van der Waals surface area contributed by atoms with Crippen molar-refractivity contribution < 1.29 is 29.0 Å². The molecule has 10 nitrogen and oxygen atoms in total. The zero-order chi connectivity index (χ0) is 34.1. The Morgan fingerprint density at radius 1 is 0.957 bits per heavy atom. The maximum absolute atomic E-state index is 13.6. The maximum Gasteiger partial charge on any atom is 0.323 e. The summed E-state index contributed by atoms with van der Waals surface area (Å²) in [7, 11) is 2.66. The molecule has 5 heterocycles. The van der Waals surface area contributed by atoms with Gasteiger partial charge >= 0.3 is 11.9 Å². The molecule has 10 heteroatoms. The molecule has 8 bridgehead atoms. The number of aliphatic hydroxyl groups is 1. The second kappa shape index (κ2) is 11.4. The summed E-state index contributed by atoms with van der Waals surface area (Å²) >= 11 is 0. The number of nitrogens with zero attached hydrogens (tertiary/aromatic N) is 3. The fourth-order valence-electron chi connectivity index (χ4n) is 7.62. The van der Waals surface area contributed by atoms with Crippen LogP contribution in [0.2, 0.25) is 0 Å². The molecule has 1 aliphatic carbocycles. The van der Waals surface area contributed by atoms with Gasteiger partial charge in [0.05, 0.1) is 48.4 Å². The molecule has 3 atom stereocenters. The van der Waals surface area contributed by atoms with E-state index in [9.17, 15) is 19.5 Å². The molecule has 47 heavy (non-hydrogen) atoms. The standard InChI is InChI=1S/C37H40N4O6/c1-10-21-16(2)23-15-28-30(20(6)42)18(4)25(39-28)13-24-17(3)22(11-12-29(43)46-8)33(40-24)32-34-31(35(44)37(32,7)36(45)47-9)19(5)26(41-34)14-27(21)38-23/h13-15,17,22,40,44H,10-12H2,1-9H3. The number of ketones is 1. The third-order valence-electron chi connectivity index (χ3n) is 10.4. The number of hydrogen-bond acceptors (Lipinski definition) is 10. The van der Waals surface area contributed by atoms with Crippen molar-refractivity contribution in [2.24, 2.45) is 32.2 Å². The number of allylic oxidation sites excluding steroid dienone is 11.